The normalized spacial score (nSPS) is 27.4. The lowest BCUT2D eigenvalue weighted by atomic mass is 9.98. The van der Waals surface area contributed by atoms with Crippen LogP contribution in [0.25, 0.3) is 0 Å². The quantitative estimate of drug-likeness (QED) is 0.705. The standard InChI is InChI=1S/C13H25NO2/c1-2-5-13(6-3-1)16-9-4-8-14-12-7-10-15-11-12/h12-14H,1-11H2. The Morgan fingerprint density at radius 1 is 1.12 bits per heavy atom. The fourth-order valence-corrected chi connectivity index (χ4v) is 2.56. The van der Waals surface area contributed by atoms with Gasteiger partial charge >= 0.3 is 0 Å². The molecule has 0 amide bonds. The predicted molar refractivity (Wildman–Crippen MR) is 64.7 cm³/mol. The largest absolute Gasteiger partial charge is 0.380 e. The van der Waals surface area contributed by atoms with Crippen LogP contribution in [0.15, 0.2) is 0 Å². The third-order valence-electron chi connectivity index (χ3n) is 3.59. The van der Waals surface area contributed by atoms with Crippen molar-refractivity contribution >= 4 is 0 Å². The summed E-state index contributed by atoms with van der Waals surface area (Å²) >= 11 is 0. The molecular formula is C13H25NO2. The highest BCUT2D eigenvalue weighted by atomic mass is 16.5. The molecule has 3 heteroatoms. The third-order valence-corrected chi connectivity index (χ3v) is 3.59. The van der Waals surface area contributed by atoms with Gasteiger partial charge in [-0.3, -0.25) is 0 Å². The molecule has 1 atom stereocenters. The van der Waals surface area contributed by atoms with E-state index in [-0.39, 0.29) is 0 Å². The van der Waals surface area contributed by atoms with Gasteiger partial charge in [0.2, 0.25) is 0 Å². The second-order valence-electron chi connectivity index (χ2n) is 5.00. The van der Waals surface area contributed by atoms with Crippen LogP contribution >= 0.6 is 0 Å². The third kappa shape index (κ3) is 4.40. The summed E-state index contributed by atoms with van der Waals surface area (Å²) in [4.78, 5) is 0. The van der Waals surface area contributed by atoms with E-state index in [1.54, 1.807) is 0 Å². The molecule has 2 aliphatic rings. The van der Waals surface area contributed by atoms with Crippen LogP contribution in [-0.4, -0.2) is 38.5 Å². The summed E-state index contributed by atoms with van der Waals surface area (Å²) in [6.07, 6.45) is 9.56. The maximum absolute atomic E-state index is 5.88. The zero-order chi connectivity index (χ0) is 11.1. The summed E-state index contributed by atoms with van der Waals surface area (Å²) in [7, 11) is 0. The molecule has 16 heavy (non-hydrogen) atoms. The van der Waals surface area contributed by atoms with Crippen molar-refractivity contribution in [2.24, 2.45) is 0 Å². The zero-order valence-electron chi connectivity index (χ0n) is 10.2. The summed E-state index contributed by atoms with van der Waals surface area (Å²) < 4.78 is 11.2. The van der Waals surface area contributed by atoms with Gasteiger partial charge in [0, 0.05) is 19.3 Å². The first-order valence-electron chi connectivity index (χ1n) is 6.88. The summed E-state index contributed by atoms with van der Waals surface area (Å²) in [6, 6.07) is 0.592. The molecule has 1 saturated heterocycles. The van der Waals surface area contributed by atoms with Crippen LogP contribution in [0.5, 0.6) is 0 Å². The van der Waals surface area contributed by atoms with E-state index < -0.39 is 0 Å². The first-order valence-corrected chi connectivity index (χ1v) is 6.88. The number of rotatable bonds is 6. The first-order chi connectivity index (χ1) is 7.95. The van der Waals surface area contributed by atoms with Gasteiger partial charge < -0.3 is 14.8 Å². The monoisotopic (exact) mass is 227 g/mol. The Balaban J connectivity index is 1.42. The molecule has 94 valence electrons. The Kier molecular flexibility index (Phi) is 5.59. The van der Waals surface area contributed by atoms with E-state index in [4.69, 9.17) is 9.47 Å². The molecule has 3 nitrogen and oxygen atoms in total. The molecule has 1 saturated carbocycles. The highest BCUT2D eigenvalue weighted by Gasteiger charge is 2.15. The van der Waals surface area contributed by atoms with Crippen LogP contribution in [0.2, 0.25) is 0 Å². The molecule has 1 N–H and O–H groups in total. The van der Waals surface area contributed by atoms with Crippen LogP contribution in [0.4, 0.5) is 0 Å². The molecule has 0 spiro atoms. The maximum Gasteiger partial charge on any atom is 0.0620 e. The minimum Gasteiger partial charge on any atom is -0.380 e. The van der Waals surface area contributed by atoms with Crippen molar-refractivity contribution in [2.75, 3.05) is 26.4 Å². The van der Waals surface area contributed by atoms with Crippen LogP contribution < -0.4 is 5.32 Å². The van der Waals surface area contributed by atoms with Crippen LogP contribution in [-0.2, 0) is 9.47 Å². The van der Waals surface area contributed by atoms with Crippen molar-refractivity contribution in [2.45, 2.75) is 57.1 Å². The van der Waals surface area contributed by atoms with Crippen LogP contribution in [0.3, 0.4) is 0 Å². The van der Waals surface area contributed by atoms with E-state index in [9.17, 15) is 0 Å². The lowest BCUT2D eigenvalue weighted by Gasteiger charge is -2.22. The average molecular weight is 227 g/mol. The van der Waals surface area contributed by atoms with E-state index in [0.29, 0.717) is 12.1 Å². The fraction of sp³-hybridized carbons (Fsp3) is 1.00. The second-order valence-corrected chi connectivity index (χ2v) is 5.00. The Morgan fingerprint density at radius 2 is 2.00 bits per heavy atom. The van der Waals surface area contributed by atoms with E-state index in [1.807, 2.05) is 0 Å². The molecule has 1 aliphatic carbocycles. The van der Waals surface area contributed by atoms with Gasteiger partial charge in [-0.25, -0.2) is 0 Å². The molecule has 1 aliphatic heterocycles. The topological polar surface area (TPSA) is 30.5 Å². The molecule has 1 heterocycles. The molecule has 0 bridgehead atoms. The highest BCUT2D eigenvalue weighted by Crippen LogP contribution is 2.20. The van der Waals surface area contributed by atoms with Gasteiger partial charge in [-0.15, -0.1) is 0 Å². The number of hydrogen-bond donors (Lipinski definition) is 1. The zero-order valence-corrected chi connectivity index (χ0v) is 10.2. The van der Waals surface area contributed by atoms with Crippen molar-refractivity contribution < 1.29 is 9.47 Å². The summed E-state index contributed by atoms with van der Waals surface area (Å²) in [5.74, 6) is 0. The molecule has 0 aromatic heterocycles. The van der Waals surface area contributed by atoms with Crippen molar-refractivity contribution in [1.82, 2.24) is 5.32 Å². The van der Waals surface area contributed by atoms with Crippen molar-refractivity contribution in [1.29, 1.82) is 0 Å². The summed E-state index contributed by atoms with van der Waals surface area (Å²) in [5, 5.41) is 3.51. The van der Waals surface area contributed by atoms with E-state index in [1.165, 1.54) is 38.5 Å². The molecule has 2 rings (SSSR count). The average Bonchev–Trinajstić information content (AvgIpc) is 2.83. The summed E-state index contributed by atoms with van der Waals surface area (Å²) in [5.41, 5.74) is 0. The van der Waals surface area contributed by atoms with Gasteiger partial charge in [0.15, 0.2) is 0 Å². The van der Waals surface area contributed by atoms with Gasteiger partial charge in [0.05, 0.1) is 12.7 Å². The molecular weight excluding hydrogens is 202 g/mol. The van der Waals surface area contributed by atoms with Gasteiger partial charge in [0.1, 0.15) is 0 Å². The minimum atomic E-state index is 0.559. The number of nitrogens with one attached hydrogen (secondary N) is 1. The Bertz CT molecular complexity index is 175. The van der Waals surface area contributed by atoms with Crippen LogP contribution in [0, 0.1) is 0 Å². The fourth-order valence-electron chi connectivity index (χ4n) is 2.56. The van der Waals surface area contributed by atoms with E-state index in [2.05, 4.69) is 5.32 Å². The van der Waals surface area contributed by atoms with E-state index in [0.717, 1.165) is 32.8 Å². The first kappa shape index (κ1) is 12.3. The maximum atomic E-state index is 5.88. The molecule has 2 fully saturated rings. The second kappa shape index (κ2) is 7.25. The Morgan fingerprint density at radius 3 is 2.75 bits per heavy atom. The Hall–Kier alpha value is -0.120. The molecule has 0 radical (unpaired) electrons. The van der Waals surface area contributed by atoms with E-state index >= 15 is 0 Å². The molecule has 1 unspecified atom stereocenters. The SMILES string of the molecule is C1CCC(OCCCNC2CCOC2)CC1. The van der Waals surface area contributed by atoms with Gasteiger partial charge in [0.25, 0.3) is 0 Å². The molecule has 0 aromatic rings. The van der Waals surface area contributed by atoms with Gasteiger partial charge in [-0.2, -0.15) is 0 Å². The van der Waals surface area contributed by atoms with Crippen molar-refractivity contribution in [3.63, 3.8) is 0 Å². The van der Waals surface area contributed by atoms with Crippen molar-refractivity contribution in [3.05, 3.63) is 0 Å². The van der Waals surface area contributed by atoms with Crippen LogP contribution in [0.1, 0.15) is 44.9 Å². The van der Waals surface area contributed by atoms with Gasteiger partial charge in [-0.05, 0) is 32.2 Å². The van der Waals surface area contributed by atoms with Gasteiger partial charge in [-0.1, -0.05) is 19.3 Å². The minimum absolute atomic E-state index is 0.559. The highest BCUT2D eigenvalue weighted by molar-refractivity contribution is 4.70. The smallest absolute Gasteiger partial charge is 0.0620 e. The lowest BCUT2D eigenvalue weighted by molar-refractivity contribution is 0.0270. The number of hydrogen-bond acceptors (Lipinski definition) is 3. The van der Waals surface area contributed by atoms with Crippen molar-refractivity contribution in [3.8, 4) is 0 Å². The Labute approximate surface area is 98.9 Å². The predicted octanol–water partition coefficient (Wildman–Crippen LogP) is 2.10. The molecule has 0 aromatic carbocycles. The lowest BCUT2D eigenvalue weighted by Crippen LogP contribution is -2.30. The number of ether oxygens (including phenoxy) is 2. The summed E-state index contributed by atoms with van der Waals surface area (Å²) in [6.45, 7) is 3.81.